The molecule has 5 heteroatoms. The molecule has 0 saturated carbocycles. The van der Waals surface area contributed by atoms with Crippen LogP contribution in [0.5, 0.6) is 0 Å². The Kier molecular flexibility index (Phi) is 3.77. The van der Waals surface area contributed by atoms with E-state index in [1.54, 1.807) is 0 Å². The van der Waals surface area contributed by atoms with Gasteiger partial charge in [-0.2, -0.15) is 0 Å². The average Bonchev–Trinajstić information content (AvgIpc) is 2.73. The Bertz CT molecular complexity index is 265. The monoisotopic (exact) mass is 244 g/mol. The van der Waals surface area contributed by atoms with E-state index < -0.39 is 0 Å². The number of nitrogens with zero attached hydrogens (tertiary/aromatic N) is 1. The lowest BCUT2D eigenvalue weighted by molar-refractivity contribution is -0.142. The number of likely N-dealkylation sites (tertiary alicyclic amines) is 1. The smallest absolute Gasteiger partial charge is 0.323 e. The first-order chi connectivity index (χ1) is 7.69. The number of thioether (sulfide) groups is 1. The number of methoxy groups -OCH3 is 1. The molecule has 2 aliphatic heterocycles. The van der Waals surface area contributed by atoms with Crippen LogP contribution in [0, 0.1) is 0 Å². The summed E-state index contributed by atoms with van der Waals surface area (Å²) in [5.74, 6) is 0.723. The van der Waals surface area contributed by atoms with E-state index >= 15 is 0 Å². The van der Waals surface area contributed by atoms with Gasteiger partial charge in [-0.15, -0.1) is 11.8 Å². The Morgan fingerprint density at radius 2 is 2.25 bits per heavy atom. The number of hydrogen-bond donors (Lipinski definition) is 1. The summed E-state index contributed by atoms with van der Waals surface area (Å²) >= 11 is 1.89. The highest BCUT2D eigenvalue weighted by Gasteiger charge is 2.43. The molecule has 1 N–H and O–H groups in total. The second kappa shape index (κ2) is 4.94. The number of ether oxygens (including phenoxy) is 1. The third-order valence-corrected chi connectivity index (χ3v) is 5.14. The Morgan fingerprint density at radius 3 is 2.81 bits per heavy atom. The zero-order valence-corrected chi connectivity index (χ0v) is 10.8. The molecule has 0 amide bonds. The first-order valence-electron chi connectivity index (χ1n) is 5.91. The maximum atomic E-state index is 11.5. The molecule has 0 radical (unpaired) electrons. The van der Waals surface area contributed by atoms with Gasteiger partial charge >= 0.3 is 5.97 Å². The summed E-state index contributed by atoms with van der Waals surface area (Å²) in [7, 11) is 1.46. The van der Waals surface area contributed by atoms with E-state index in [1.165, 1.54) is 7.11 Å². The van der Waals surface area contributed by atoms with E-state index in [2.05, 4.69) is 17.1 Å². The molecule has 0 aliphatic carbocycles. The van der Waals surface area contributed by atoms with Crippen LogP contribution in [0.25, 0.3) is 0 Å². The van der Waals surface area contributed by atoms with Gasteiger partial charge in [0.05, 0.1) is 12.0 Å². The van der Waals surface area contributed by atoms with Crippen LogP contribution in [0.2, 0.25) is 0 Å². The van der Waals surface area contributed by atoms with Crippen molar-refractivity contribution in [2.45, 2.75) is 30.7 Å². The first kappa shape index (κ1) is 12.2. The number of rotatable bonds is 2. The predicted octanol–water partition coefficient (Wildman–Crippen LogP) is 0.676. The van der Waals surface area contributed by atoms with E-state index in [0.717, 1.165) is 38.2 Å². The lowest BCUT2D eigenvalue weighted by Crippen LogP contribution is -2.51. The first-order valence-corrected chi connectivity index (χ1v) is 6.89. The van der Waals surface area contributed by atoms with Gasteiger partial charge in [0.25, 0.3) is 0 Å². The van der Waals surface area contributed by atoms with Gasteiger partial charge < -0.3 is 9.64 Å². The van der Waals surface area contributed by atoms with Crippen LogP contribution >= 0.6 is 11.8 Å². The maximum absolute atomic E-state index is 11.5. The third kappa shape index (κ3) is 2.36. The number of nitrogens with one attached hydrogen (secondary N) is 1. The molecule has 0 aromatic rings. The largest absolute Gasteiger partial charge is 0.468 e. The van der Waals surface area contributed by atoms with Crippen molar-refractivity contribution in [1.82, 2.24) is 10.2 Å². The lowest BCUT2D eigenvalue weighted by Gasteiger charge is -2.38. The van der Waals surface area contributed by atoms with Crippen molar-refractivity contribution in [2.24, 2.45) is 0 Å². The van der Waals surface area contributed by atoms with Gasteiger partial charge in [0.1, 0.15) is 6.04 Å². The van der Waals surface area contributed by atoms with Crippen molar-refractivity contribution in [2.75, 3.05) is 32.5 Å². The number of esters is 1. The highest BCUT2D eigenvalue weighted by molar-refractivity contribution is 8.01. The molecule has 0 unspecified atom stereocenters. The molecule has 2 rings (SSSR count). The van der Waals surface area contributed by atoms with Gasteiger partial charge in [0, 0.05) is 18.8 Å². The zero-order chi connectivity index (χ0) is 11.6. The average molecular weight is 244 g/mol. The van der Waals surface area contributed by atoms with Crippen molar-refractivity contribution in [3.63, 3.8) is 0 Å². The van der Waals surface area contributed by atoms with Gasteiger partial charge in [-0.05, 0) is 19.4 Å². The van der Waals surface area contributed by atoms with Crippen LogP contribution in [-0.2, 0) is 9.53 Å². The second-order valence-corrected chi connectivity index (χ2v) is 5.86. The molecule has 92 valence electrons. The molecular formula is C11H20N2O2S. The van der Waals surface area contributed by atoms with Crippen molar-refractivity contribution < 1.29 is 9.53 Å². The minimum atomic E-state index is -0.123. The summed E-state index contributed by atoms with van der Waals surface area (Å²) in [6, 6.07) is -0.108. The highest BCUT2D eigenvalue weighted by atomic mass is 32.2. The highest BCUT2D eigenvalue weighted by Crippen LogP contribution is 2.39. The maximum Gasteiger partial charge on any atom is 0.323 e. The molecule has 0 aromatic heterocycles. The topological polar surface area (TPSA) is 41.6 Å². The fourth-order valence-corrected chi connectivity index (χ4v) is 3.83. The van der Waals surface area contributed by atoms with Gasteiger partial charge in [0.2, 0.25) is 0 Å². The quantitative estimate of drug-likeness (QED) is 0.723. The fraction of sp³-hybridized carbons (Fsp3) is 0.909. The minimum absolute atomic E-state index is 0.108. The molecule has 4 nitrogen and oxygen atoms in total. The van der Waals surface area contributed by atoms with E-state index in [0.29, 0.717) is 0 Å². The number of carbonyl (C=O) groups excluding carboxylic acids is 1. The van der Waals surface area contributed by atoms with Crippen LogP contribution in [0.3, 0.4) is 0 Å². The molecular weight excluding hydrogens is 224 g/mol. The van der Waals surface area contributed by atoms with E-state index in [9.17, 15) is 4.79 Å². The molecule has 2 aliphatic rings. The van der Waals surface area contributed by atoms with Gasteiger partial charge in [-0.3, -0.25) is 10.1 Å². The minimum Gasteiger partial charge on any atom is -0.468 e. The molecule has 0 bridgehead atoms. The van der Waals surface area contributed by atoms with Crippen LogP contribution in [-0.4, -0.2) is 54.3 Å². The van der Waals surface area contributed by atoms with Gasteiger partial charge in [-0.1, -0.05) is 6.92 Å². The normalized spacial score (nSPS) is 29.5. The standard InChI is InChI=1S/C11H20N2O2S/c1-3-13-6-4-11(5-7-13)12-9(8-16-11)10(14)15-2/h9,12H,3-8H2,1-2H3/t9-/m0/s1. The van der Waals surface area contributed by atoms with Crippen LogP contribution in [0.15, 0.2) is 0 Å². The summed E-state index contributed by atoms with van der Waals surface area (Å²) in [5, 5.41) is 3.46. The second-order valence-electron chi connectivity index (χ2n) is 4.46. The van der Waals surface area contributed by atoms with Crippen LogP contribution in [0.4, 0.5) is 0 Å². The van der Waals surface area contributed by atoms with Crippen LogP contribution < -0.4 is 5.32 Å². The summed E-state index contributed by atoms with van der Waals surface area (Å²) in [6.45, 7) is 5.58. The molecule has 2 heterocycles. The van der Waals surface area contributed by atoms with Crippen LogP contribution in [0.1, 0.15) is 19.8 Å². The Balaban J connectivity index is 1.90. The summed E-state index contributed by atoms with van der Waals surface area (Å²) in [6.07, 6.45) is 2.25. The molecule has 0 aromatic carbocycles. The third-order valence-electron chi connectivity index (χ3n) is 3.56. The van der Waals surface area contributed by atoms with E-state index in [-0.39, 0.29) is 16.9 Å². The molecule has 2 saturated heterocycles. The Morgan fingerprint density at radius 1 is 1.56 bits per heavy atom. The van der Waals surface area contributed by atoms with Crippen molar-refractivity contribution in [3.8, 4) is 0 Å². The Labute approximate surface area is 101 Å². The number of carbonyl (C=O) groups is 1. The zero-order valence-electron chi connectivity index (χ0n) is 9.99. The SMILES string of the molecule is CCN1CCC2(CC1)N[C@H](C(=O)OC)CS2. The molecule has 1 atom stereocenters. The van der Waals surface area contributed by atoms with E-state index in [1.807, 2.05) is 11.8 Å². The summed E-state index contributed by atoms with van der Waals surface area (Å²) in [4.78, 5) is 14.0. The lowest BCUT2D eigenvalue weighted by atomic mass is 10.0. The predicted molar refractivity (Wildman–Crippen MR) is 65.5 cm³/mol. The summed E-state index contributed by atoms with van der Waals surface area (Å²) < 4.78 is 4.79. The Hall–Kier alpha value is -0.260. The van der Waals surface area contributed by atoms with E-state index in [4.69, 9.17) is 4.74 Å². The fourth-order valence-electron chi connectivity index (χ4n) is 2.43. The van der Waals surface area contributed by atoms with Gasteiger partial charge in [0.15, 0.2) is 0 Å². The number of piperidine rings is 1. The number of hydrogen-bond acceptors (Lipinski definition) is 5. The molecule has 1 spiro atoms. The van der Waals surface area contributed by atoms with Crippen molar-refractivity contribution in [3.05, 3.63) is 0 Å². The van der Waals surface area contributed by atoms with Crippen molar-refractivity contribution in [1.29, 1.82) is 0 Å². The molecule has 2 fully saturated rings. The summed E-state index contributed by atoms with van der Waals surface area (Å²) in [5.41, 5.74) is 0. The molecule has 16 heavy (non-hydrogen) atoms. The van der Waals surface area contributed by atoms with Crippen molar-refractivity contribution >= 4 is 17.7 Å². The van der Waals surface area contributed by atoms with Gasteiger partial charge in [-0.25, -0.2) is 0 Å².